The summed E-state index contributed by atoms with van der Waals surface area (Å²) in [7, 11) is 0. The molecule has 5 N–H and O–H groups in total. The normalized spacial score (nSPS) is 13.7. The van der Waals surface area contributed by atoms with E-state index in [2.05, 4.69) is 16.6 Å². The van der Waals surface area contributed by atoms with Crippen molar-refractivity contribution in [3.63, 3.8) is 0 Å². The predicted octanol–water partition coefficient (Wildman–Crippen LogP) is -5.74. The summed E-state index contributed by atoms with van der Waals surface area (Å²) in [5, 5.41) is 31.3. The number of aliphatic carboxylic acids is 3. The van der Waals surface area contributed by atoms with Crippen molar-refractivity contribution >= 4 is 17.9 Å². The highest BCUT2D eigenvalue weighted by Crippen LogP contribution is 1.97. The second-order valence-electron chi connectivity index (χ2n) is 4.37. The summed E-state index contributed by atoms with van der Waals surface area (Å²) < 4.78 is 0. The van der Waals surface area contributed by atoms with Crippen molar-refractivity contribution in [1.82, 2.24) is 10.9 Å². The van der Waals surface area contributed by atoms with Crippen molar-refractivity contribution in [2.45, 2.75) is 44.2 Å². The van der Waals surface area contributed by atoms with E-state index in [1.54, 1.807) is 0 Å². The molecule has 0 spiro atoms. The lowest BCUT2D eigenvalue weighted by molar-refractivity contribution is -0.438. The molecule has 0 aliphatic rings. The fraction of sp³-hybridized carbons (Fsp3) is 0.727. The van der Waals surface area contributed by atoms with Gasteiger partial charge in [-0.25, -0.2) is 5.43 Å². The third kappa shape index (κ3) is 9.25. The molecule has 2 atom stereocenters. The van der Waals surface area contributed by atoms with Crippen LogP contribution in [0.4, 0.5) is 0 Å². The minimum absolute atomic E-state index is 0.149. The van der Waals surface area contributed by atoms with Crippen LogP contribution in [0.5, 0.6) is 0 Å². The third-order valence-electron chi connectivity index (χ3n) is 2.64. The van der Waals surface area contributed by atoms with Gasteiger partial charge in [0.1, 0.15) is 6.04 Å². The first kappa shape index (κ1) is 18.3. The summed E-state index contributed by atoms with van der Waals surface area (Å²) in [5.74, 6) is -3.94. The Labute approximate surface area is 116 Å². The number of rotatable bonds is 12. The van der Waals surface area contributed by atoms with Gasteiger partial charge in [-0.1, -0.05) is 0 Å². The standard InChI is InChI=1S/C11H21N3O6/c12-7(10(17)18)3-1-2-6-13-14-8(11(19)20)4-5-9(15)16/h7-8,13-14H,1-6,12H2,(H,15,16)(H,17,18)(H,19,20)/p-2/t7-,8-/m0/s1. The van der Waals surface area contributed by atoms with E-state index in [0.29, 0.717) is 25.8 Å². The molecular weight excluding hydrogens is 270 g/mol. The lowest BCUT2D eigenvalue weighted by Gasteiger charge is -2.20. The molecule has 0 aromatic heterocycles. The number of carbonyl (C=O) groups excluding carboxylic acids is 3. The molecule has 0 bridgehead atoms. The van der Waals surface area contributed by atoms with Crippen LogP contribution in [-0.4, -0.2) is 36.5 Å². The topological polar surface area (TPSA) is 172 Å². The number of carbonyl (C=O) groups is 3. The minimum atomic E-state index is -1.41. The van der Waals surface area contributed by atoms with Gasteiger partial charge in [-0.3, -0.25) is 5.43 Å². The maximum atomic E-state index is 10.7. The van der Waals surface area contributed by atoms with E-state index in [1.807, 2.05) is 0 Å². The molecule has 0 heterocycles. The van der Waals surface area contributed by atoms with Crippen LogP contribution in [0.2, 0.25) is 0 Å². The molecule has 0 radical (unpaired) electrons. The molecular formula is C11H19N3O6-2. The lowest BCUT2D eigenvalue weighted by atomic mass is 10.1. The summed E-state index contributed by atoms with van der Waals surface area (Å²) in [6, 6.07) is -1.89. The van der Waals surface area contributed by atoms with Crippen molar-refractivity contribution in [2.75, 3.05) is 6.54 Å². The Morgan fingerprint density at radius 3 is 2.15 bits per heavy atom. The van der Waals surface area contributed by atoms with Gasteiger partial charge in [0.15, 0.2) is 0 Å². The maximum Gasteiger partial charge on any atom is 0.124 e. The maximum absolute atomic E-state index is 10.7. The van der Waals surface area contributed by atoms with Crippen molar-refractivity contribution in [1.29, 1.82) is 0 Å². The Morgan fingerprint density at radius 1 is 1.00 bits per heavy atom. The molecule has 0 saturated heterocycles. The Morgan fingerprint density at radius 2 is 1.65 bits per heavy atom. The van der Waals surface area contributed by atoms with Gasteiger partial charge in [0.05, 0.1) is 18.0 Å². The van der Waals surface area contributed by atoms with Gasteiger partial charge in [-0.05, 0) is 25.7 Å². The van der Waals surface area contributed by atoms with E-state index in [0.717, 1.165) is 0 Å². The van der Waals surface area contributed by atoms with Crippen molar-refractivity contribution in [2.24, 2.45) is 0 Å². The van der Waals surface area contributed by atoms with Gasteiger partial charge in [0.2, 0.25) is 0 Å². The van der Waals surface area contributed by atoms with Crippen LogP contribution in [-0.2, 0) is 14.4 Å². The van der Waals surface area contributed by atoms with Crippen LogP contribution in [0.25, 0.3) is 0 Å². The number of quaternary nitrogens is 1. The fourth-order valence-corrected chi connectivity index (χ4v) is 1.43. The Balaban J connectivity index is 3.71. The van der Waals surface area contributed by atoms with Crippen molar-refractivity contribution in [3.05, 3.63) is 0 Å². The number of carboxylic acids is 3. The quantitative estimate of drug-likeness (QED) is 0.235. The average Bonchev–Trinajstić information content (AvgIpc) is 2.35. The number of unbranched alkanes of at least 4 members (excludes halogenated alkanes) is 1. The third-order valence-corrected chi connectivity index (χ3v) is 2.64. The highest BCUT2D eigenvalue weighted by molar-refractivity contribution is 5.72. The number of hydrogen-bond acceptors (Lipinski definition) is 8. The summed E-state index contributed by atoms with van der Waals surface area (Å²) in [5.41, 5.74) is 8.47. The Kier molecular flexibility index (Phi) is 9.26. The highest BCUT2D eigenvalue weighted by Gasteiger charge is 2.09. The first-order chi connectivity index (χ1) is 9.34. The molecule has 9 nitrogen and oxygen atoms in total. The van der Waals surface area contributed by atoms with E-state index < -0.39 is 30.0 Å². The minimum Gasteiger partial charge on any atom is -0.550 e. The van der Waals surface area contributed by atoms with Gasteiger partial charge in [0, 0.05) is 18.9 Å². The van der Waals surface area contributed by atoms with Crippen LogP contribution in [0.15, 0.2) is 0 Å². The van der Waals surface area contributed by atoms with E-state index in [4.69, 9.17) is 0 Å². The average molecular weight is 289 g/mol. The monoisotopic (exact) mass is 289 g/mol. The number of hydrazine groups is 1. The zero-order chi connectivity index (χ0) is 15.5. The van der Waals surface area contributed by atoms with E-state index in [1.165, 1.54) is 0 Å². The van der Waals surface area contributed by atoms with Crippen molar-refractivity contribution < 1.29 is 35.4 Å². The van der Waals surface area contributed by atoms with E-state index in [-0.39, 0.29) is 12.8 Å². The summed E-state index contributed by atoms with van der Waals surface area (Å²) in [6.07, 6.45) is 1.03. The van der Waals surface area contributed by atoms with Crippen LogP contribution in [0.3, 0.4) is 0 Å². The number of hydrogen-bond donors (Lipinski definition) is 3. The van der Waals surface area contributed by atoms with Crippen LogP contribution < -0.4 is 31.9 Å². The summed E-state index contributed by atoms with van der Waals surface area (Å²) in [6.45, 7) is 0.398. The molecule has 0 fully saturated rings. The van der Waals surface area contributed by atoms with E-state index in [9.17, 15) is 29.7 Å². The first-order valence-electron chi connectivity index (χ1n) is 6.27. The van der Waals surface area contributed by atoms with Gasteiger partial charge in [-0.15, -0.1) is 0 Å². The predicted molar refractivity (Wildman–Crippen MR) is 59.7 cm³/mol. The molecule has 0 aliphatic carbocycles. The second kappa shape index (κ2) is 10.1. The smallest absolute Gasteiger partial charge is 0.124 e. The zero-order valence-corrected chi connectivity index (χ0v) is 11.1. The molecule has 0 unspecified atom stereocenters. The van der Waals surface area contributed by atoms with Gasteiger partial charge in [0.25, 0.3) is 0 Å². The Bertz CT molecular complexity index is 336. The first-order valence-corrected chi connectivity index (χ1v) is 6.27. The van der Waals surface area contributed by atoms with Crippen LogP contribution in [0.1, 0.15) is 32.1 Å². The van der Waals surface area contributed by atoms with Crippen LogP contribution in [0, 0.1) is 0 Å². The molecule has 116 valence electrons. The fourth-order valence-electron chi connectivity index (χ4n) is 1.43. The van der Waals surface area contributed by atoms with Gasteiger partial charge < -0.3 is 35.4 Å². The lowest BCUT2D eigenvalue weighted by Crippen LogP contribution is -2.68. The molecule has 0 amide bonds. The van der Waals surface area contributed by atoms with Gasteiger partial charge >= 0.3 is 0 Å². The SMILES string of the molecule is [NH3+][C@@H](CCCCNN[C@@H](CCC(=O)[O-])C(=O)[O-])C(=O)[O-]. The molecule has 0 aromatic carbocycles. The highest BCUT2D eigenvalue weighted by atomic mass is 16.4. The van der Waals surface area contributed by atoms with Gasteiger partial charge in [-0.2, -0.15) is 0 Å². The van der Waals surface area contributed by atoms with Crippen LogP contribution >= 0.6 is 0 Å². The molecule has 0 rings (SSSR count). The summed E-state index contributed by atoms with van der Waals surface area (Å²) >= 11 is 0. The molecule has 0 aliphatic heterocycles. The molecule has 0 saturated carbocycles. The number of carboxylic acid groups (broad SMARTS) is 3. The summed E-state index contributed by atoms with van der Waals surface area (Å²) in [4.78, 5) is 31.3. The van der Waals surface area contributed by atoms with E-state index >= 15 is 0 Å². The largest absolute Gasteiger partial charge is 0.550 e. The Hall–Kier alpha value is -1.71. The zero-order valence-electron chi connectivity index (χ0n) is 11.1. The molecule has 20 heavy (non-hydrogen) atoms. The number of nitrogens with one attached hydrogen (secondary N) is 2. The van der Waals surface area contributed by atoms with Crippen molar-refractivity contribution in [3.8, 4) is 0 Å². The molecule has 9 heteroatoms. The second-order valence-corrected chi connectivity index (χ2v) is 4.37. The molecule has 0 aromatic rings.